The van der Waals surface area contributed by atoms with Gasteiger partial charge in [-0.2, -0.15) is 8.78 Å². The highest BCUT2D eigenvalue weighted by Gasteiger charge is 2.16. The third-order valence-corrected chi connectivity index (χ3v) is 3.95. The van der Waals surface area contributed by atoms with Crippen LogP contribution in [0.4, 0.5) is 14.5 Å². The Kier molecular flexibility index (Phi) is 5.37. The number of ether oxygens (including phenoxy) is 1. The lowest BCUT2D eigenvalue weighted by molar-refractivity contribution is -0.115. The van der Waals surface area contributed by atoms with Crippen molar-refractivity contribution in [2.75, 3.05) is 5.32 Å². The van der Waals surface area contributed by atoms with Crippen molar-refractivity contribution in [3.63, 3.8) is 0 Å². The molecule has 1 unspecified atom stereocenters. The summed E-state index contributed by atoms with van der Waals surface area (Å²) in [6.45, 7) is -1.10. The van der Waals surface area contributed by atoms with Gasteiger partial charge in [0.2, 0.25) is 5.91 Å². The number of carbonyl (C=O) groups excluding carboxylic acids is 1. The summed E-state index contributed by atoms with van der Waals surface area (Å²) in [4.78, 5) is 16.2. The zero-order valence-corrected chi connectivity index (χ0v) is 12.8. The second kappa shape index (κ2) is 7.26. The van der Waals surface area contributed by atoms with E-state index >= 15 is 0 Å². The Balaban J connectivity index is 1.92. The summed E-state index contributed by atoms with van der Waals surface area (Å²) >= 11 is 1.33. The Morgan fingerprint density at radius 1 is 1.36 bits per heavy atom. The van der Waals surface area contributed by atoms with Gasteiger partial charge in [0.1, 0.15) is 5.75 Å². The zero-order valence-electron chi connectivity index (χ0n) is 12.0. The van der Waals surface area contributed by atoms with Crippen LogP contribution in [0.25, 0.3) is 0 Å². The maximum atomic E-state index is 12.1. The van der Waals surface area contributed by atoms with Gasteiger partial charge in [-0.3, -0.25) is 4.79 Å². The van der Waals surface area contributed by atoms with Gasteiger partial charge in [-0.25, -0.2) is 4.98 Å². The van der Waals surface area contributed by atoms with Gasteiger partial charge in [0.15, 0.2) is 5.16 Å². The topological polar surface area (TPSA) is 56.2 Å². The van der Waals surface area contributed by atoms with E-state index in [-0.39, 0.29) is 16.9 Å². The third kappa shape index (κ3) is 4.45. The molecule has 2 rings (SSSR count). The summed E-state index contributed by atoms with van der Waals surface area (Å²) in [5.41, 5.74) is 0.513. The molecule has 2 aromatic rings. The molecule has 8 heteroatoms. The molecule has 22 heavy (non-hydrogen) atoms. The highest BCUT2D eigenvalue weighted by atomic mass is 32.2. The average molecular weight is 327 g/mol. The monoisotopic (exact) mass is 327 g/mol. The minimum Gasteiger partial charge on any atom is -0.435 e. The maximum absolute atomic E-state index is 12.1. The SMILES string of the molecule is CC(Sc1nccn1C)C(=O)Nc1ccc(OC(F)F)cc1. The number of nitrogens with zero attached hydrogens (tertiary/aromatic N) is 2. The van der Waals surface area contributed by atoms with E-state index in [9.17, 15) is 13.6 Å². The highest BCUT2D eigenvalue weighted by molar-refractivity contribution is 8.00. The van der Waals surface area contributed by atoms with E-state index in [1.807, 2.05) is 11.6 Å². The second-order valence-corrected chi connectivity index (χ2v) is 5.78. The van der Waals surface area contributed by atoms with Gasteiger partial charge < -0.3 is 14.6 Å². The summed E-state index contributed by atoms with van der Waals surface area (Å²) < 4.78 is 30.2. The molecular weight excluding hydrogens is 312 g/mol. The molecule has 0 fully saturated rings. The van der Waals surface area contributed by atoms with Crippen LogP contribution >= 0.6 is 11.8 Å². The van der Waals surface area contributed by atoms with Gasteiger partial charge in [0.25, 0.3) is 0 Å². The number of hydrogen-bond donors (Lipinski definition) is 1. The molecule has 0 aliphatic heterocycles. The Labute approximate surface area is 130 Å². The number of amides is 1. The van der Waals surface area contributed by atoms with Crippen LogP contribution in [0.5, 0.6) is 5.75 Å². The zero-order chi connectivity index (χ0) is 16.1. The first-order chi connectivity index (χ1) is 10.5. The van der Waals surface area contributed by atoms with Gasteiger partial charge in [0, 0.05) is 25.1 Å². The number of aromatic nitrogens is 2. The van der Waals surface area contributed by atoms with Crippen LogP contribution in [0.1, 0.15) is 6.92 Å². The summed E-state index contributed by atoms with van der Waals surface area (Å²) in [5.74, 6) is -0.154. The van der Waals surface area contributed by atoms with Crippen LogP contribution in [-0.4, -0.2) is 27.3 Å². The summed E-state index contributed by atoms with van der Waals surface area (Å²) in [6, 6.07) is 5.76. The molecule has 118 valence electrons. The Bertz CT molecular complexity index is 631. The van der Waals surface area contributed by atoms with E-state index < -0.39 is 6.61 Å². The lowest BCUT2D eigenvalue weighted by atomic mass is 10.3. The molecule has 1 N–H and O–H groups in total. The number of hydrogen-bond acceptors (Lipinski definition) is 4. The number of rotatable bonds is 6. The van der Waals surface area contributed by atoms with E-state index in [0.29, 0.717) is 5.69 Å². The van der Waals surface area contributed by atoms with Gasteiger partial charge >= 0.3 is 6.61 Å². The van der Waals surface area contributed by atoms with Crippen LogP contribution in [0.3, 0.4) is 0 Å². The van der Waals surface area contributed by atoms with Gasteiger partial charge in [0.05, 0.1) is 5.25 Å². The second-order valence-electron chi connectivity index (χ2n) is 4.47. The summed E-state index contributed by atoms with van der Waals surface area (Å²) in [7, 11) is 1.85. The van der Waals surface area contributed by atoms with Gasteiger partial charge in [-0.15, -0.1) is 0 Å². The summed E-state index contributed by atoms with van der Waals surface area (Å²) in [5, 5.41) is 3.10. The predicted octanol–water partition coefficient (Wildman–Crippen LogP) is 3.14. The molecule has 1 amide bonds. The molecule has 0 saturated heterocycles. The van der Waals surface area contributed by atoms with Crippen LogP contribution in [0.2, 0.25) is 0 Å². The molecule has 1 aromatic carbocycles. The molecule has 0 aliphatic rings. The van der Waals surface area contributed by atoms with Crippen molar-refractivity contribution in [2.45, 2.75) is 23.9 Å². The number of carbonyl (C=O) groups is 1. The number of nitrogens with one attached hydrogen (secondary N) is 1. The fourth-order valence-electron chi connectivity index (χ4n) is 1.64. The Morgan fingerprint density at radius 2 is 2.05 bits per heavy atom. The van der Waals surface area contributed by atoms with Gasteiger partial charge in [-0.05, 0) is 31.2 Å². The Morgan fingerprint density at radius 3 is 2.59 bits per heavy atom. The molecule has 1 aromatic heterocycles. The quantitative estimate of drug-likeness (QED) is 0.828. The lowest BCUT2D eigenvalue weighted by Gasteiger charge is -2.12. The predicted molar refractivity (Wildman–Crippen MR) is 80.2 cm³/mol. The van der Waals surface area contributed by atoms with Crippen LogP contribution in [-0.2, 0) is 11.8 Å². The first kappa shape index (κ1) is 16.3. The van der Waals surface area contributed by atoms with Crippen molar-refractivity contribution in [2.24, 2.45) is 7.05 Å². The third-order valence-electron chi connectivity index (χ3n) is 2.78. The van der Waals surface area contributed by atoms with Crippen molar-refractivity contribution in [3.8, 4) is 5.75 Å². The van der Waals surface area contributed by atoms with Crippen molar-refractivity contribution < 1.29 is 18.3 Å². The molecule has 0 spiro atoms. The minimum atomic E-state index is -2.87. The molecular formula is C14H15F2N3O2S. The lowest BCUT2D eigenvalue weighted by Crippen LogP contribution is -2.22. The maximum Gasteiger partial charge on any atom is 0.387 e. The Hall–Kier alpha value is -2.09. The first-order valence-corrected chi connectivity index (χ1v) is 7.33. The molecule has 1 atom stereocenters. The largest absolute Gasteiger partial charge is 0.435 e. The molecule has 5 nitrogen and oxygen atoms in total. The normalized spacial score (nSPS) is 12.2. The fraction of sp³-hybridized carbons (Fsp3) is 0.286. The number of anilines is 1. The summed E-state index contributed by atoms with van der Waals surface area (Å²) in [6.07, 6.45) is 3.46. The van der Waals surface area contributed by atoms with E-state index in [1.165, 1.54) is 36.0 Å². The number of imidazole rings is 1. The van der Waals surface area contributed by atoms with Crippen molar-refractivity contribution >= 4 is 23.4 Å². The molecule has 0 saturated carbocycles. The van der Waals surface area contributed by atoms with E-state index in [1.54, 1.807) is 19.3 Å². The fourth-order valence-corrected chi connectivity index (χ4v) is 2.47. The molecule has 0 bridgehead atoms. The van der Waals surface area contributed by atoms with E-state index in [4.69, 9.17) is 0 Å². The number of alkyl halides is 2. The van der Waals surface area contributed by atoms with Crippen LogP contribution < -0.4 is 10.1 Å². The van der Waals surface area contributed by atoms with Crippen molar-refractivity contribution in [1.82, 2.24) is 9.55 Å². The highest BCUT2D eigenvalue weighted by Crippen LogP contribution is 2.23. The number of benzene rings is 1. The minimum absolute atomic E-state index is 0.0448. The van der Waals surface area contributed by atoms with E-state index in [0.717, 1.165) is 5.16 Å². The van der Waals surface area contributed by atoms with Crippen molar-refractivity contribution in [3.05, 3.63) is 36.7 Å². The first-order valence-electron chi connectivity index (χ1n) is 6.45. The molecule has 0 aliphatic carbocycles. The number of halogens is 2. The van der Waals surface area contributed by atoms with Crippen LogP contribution in [0, 0.1) is 0 Å². The molecule has 1 heterocycles. The number of aryl methyl sites for hydroxylation is 1. The van der Waals surface area contributed by atoms with Gasteiger partial charge in [-0.1, -0.05) is 11.8 Å². The number of thioether (sulfide) groups is 1. The average Bonchev–Trinajstić information content (AvgIpc) is 2.86. The standard InChI is InChI=1S/C14H15F2N3O2S/c1-9(22-14-17-7-8-19(14)2)12(20)18-10-3-5-11(6-4-10)21-13(15)16/h3-9,13H,1-2H3,(H,18,20). The molecule has 0 radical (unpaired) electrons. The smallest absolute Gasteiger partial charge is 0.387 e. The van der Waals surface area contributed by atoms with Crippen LogP contribution in [0.15, 0.2) is 41.8 Å². The van der Waals surface area contributed by atoms with Crippen molar-refractivity contribution in [1.29, 1.82) is 0 Å². The van der Waals surface area contributed by atoms with E-state index in [2.05, 4.69) is 15.0 Å².